The zero-order valence-electron chi connectivity index (χ0n) is 16.2. The number of esters is 1. The normalized spacial score (nSPS) is 11.1. The molecular formula is C24H18N2O4. The van der Waals surface area contributed by atoms with Crippen molar-refractivity contribution < 1.29 is 19.1 Å². The van der Waals surface area contributed by atoms with Gasteiger partial charge in [-0.15, -0.1) is 0 Å². The second-order valence-electron chi connectivity index (χ2n) is 6.43. The highest BCUT2D eigenvalue weighted by molar-refractivity contribution is 6.14. The fraction of sp³-hybridized carbons (Fsp3) is 0.0833. The molecule has 0 unspecified atom stereocenters. The molecule has 30 heavy (non-hydrogen) atoms. The van der Waals surface area contributed by atoms with E-state index in [0.717, 1.165) is 0 Å². The number of nitriles is 1. The predicted octanol–water partition coefficient (Wildman–Crippen LogP) is 3.97. The van der Waals surface area contributed by atoms with Crippen LogP contribution >= 0.6 is 0 Å². The molecule has 0 aliphatic carbocycles. The lowest BCUT2D eigenvalue weighted by Gasteiger charge is -2.15. The van der Waals surface area contributed by atoms with E-state index in [4.69, 9.17) is 10.00 Å². The lowest BCUT2D eigenvalue weighted by Crippen LogP contribution is -2.30. The number of benzene rings is 3. The highest BCUT2D eigenvalue weighted by Crippen LogP contribution is 2.18. The first kappa shape index (κ1) is 20.5. The van der Waals surface area contributed by atoms with Crippen molar-refractivity contribution in [2.24, 2.45) is 0 Å². The Hall–Kier alpha value is -4.24. The first-order chi connectivity index (χ1) is 14.5. The van der Waals surface area contributed by atoms with Gasteiger partial charge in [0.05, 0.1) is 16.8 Å². The molecule has 0 aliphatic heterocycles. The zero-order valence-corrected chi connectivity index (χ0v) is 16.2. The molecule has 3 aromatic rings. The molecule has 0 heterocycles. The second-order valence-corrected chi connectivity index (χ2v) is 6.43. The lowest BCUT2D eigenvalue weighted by molar-refractivity contribution is -0.123. The molecule has 0 saturated heterocycles. The minimum atomic E-state index is -1.14. The average Bonchev–Trinajstić information content (AvgIpc) is 2.79. The molecule has 3 aromatic carbocycles. The van der Waals surface area contributed by atoms with Crippen LogP contribution in [0.15, 0.2) is 78.9 Å². The smallest absolute Gasteiger partial charge is 0.339 e. The van der Waals surface area contributed by atoms with E-state index in [0.29, 0.717) is 16.8 Å². The monoisotopic (exact) mass is 398 g/mol. The number of carbonyl (C=O) groups excluding carboxylic acids is 3. The van der Waals surface area contributed by atoms with Crippen molar-refractivity contribution in [3.05, 3.63) is 101 Å². The van der Waals surface area contributed by atoms with Crippen LogP contribution in [0.3, 0.4) is 0 Å². The molecule has 0 bridgehead atoms. The molecule has 0 spiro atoms. The predicted molar refractivity (Wildman–Crippen MR) is 111 cm³/mol. The molecule has 6 nitrogen and oxygen atoms in total. The van der Waals surface area contributed by atoms with E-state index in [9.17, 15) is 14.4 Å². The highest BCUT2D eigenvalue weighted by Gasteiger charge is 2.23. The summed E-state index contributed by atoms with van der Waals surface area (Å²) in [5, 5.41) is 11.7. The van der Waals surface area contributed by atoms with Gasteiger partial charge in [-0.3, -0.25) is 9.59 Å². The number of ether oxygens (including phenoxy) is 1. The van der Waals surface area contributed by atoms with E-state index in [1.807, 2.05) is 6.07 Å². The number of nitrogens with one attached hydrogen (secondary N) is 1. The molecule has 3 rings (SSSR count). The van der Waals surface area contributed by atoms with Gasteiger partial charge in [0.1, 0.15) is 6.07 Å². The minimum absolute atomic E-state index is 0.0726. The van der Waals surface area contributed by atoms with E-state index in [1.54, 1.807) is 72.8 Å². The first-order valence-electron chi connectivity index (χ1n) is 9.21. The maximum Gasteiger partial charge on any atom is 0.339 e. The second kappa shape index (κ2) is 9.30. The van der Waals surface area contributed by atoms with Gasteiger partial charge in [0.25, 0.3) is 5.91 Å². The van der Waals surface area contributed by atoms with Crippen LogP contribution in [0, 0.1) is 11.3 Å². The third kappa shape index (κ3) is 4.59. The molecule has 1 amide bonds. The van der Waals surface area contributed by atoms with Crippen molar-refractivity contribution >= 4 is 23.3 Å². The summed E-state index contributed by atoms with van der Waals surface area (Å²) >= 11 is 0. The largest absolute Gasteiger partial charge is 0.449 e. The minimum Gasteiger partial charge on any atom is -0.449 e. The highest BCUT2D eigenvalue weighted by atomic mass is 16.5. The maximum absolute atomic E-state index is 12.8. The lowest BCUT2D eigenvalue weighted by atomic mass is 9.98. The summed E-state index contributed by atoms with van der Waals surface area (Å²) in [6.07, 6.45) is -1.14. The summed E-state index contributed by atoms with van der Waals surface area (Å²) in [7, 11) is 0. The Morgan fingerprint density at radius 1 is 0.867 bits per heavy atom. The van der Waals surface area contributed by atoms with Crippen LogP contribution in [0.5, 0.6) is 0 Å². The van der Waals surface area contributed by atoms with Crippen molar-refractivity contribution in [2.45, 2.75) is 13.0 Å². The van der Waals surface area contributed by atoms with Crippen LogP contribution in [0.1, 0.15) is 38.8 Å². The van der Waals surface area contributed by atoms with Gasteiger partial charge in [-0.1, -0.05) is 60.7 Å². The zero-order chi connectivity index (χ0) is 21.5. The van der Waals surface area contributed by atoms with E-state index in [-0.39, 0.29) is 16.9 Å². The Bertz CT molecular complexity index is 1130. The summed E-state index contributed by atoms with van der Waals surface area (Å²) < 4.78 is 5.28. The van der Waals surface area contributed by atoms with E-state index in [1.165, 1.54) is 13.0 Å². The summed E-state index contributed by atoms with van der Waals surface area (Å²) in [4.78, 5) is 37.9. The molecule has 6 heteroatoms. The van der Waals surface area contributed by atoms with Gasteiger partial charge in [-0.05, 0) is 25.1 Å². The topological polar surface area (TPSA) is 96.3 Å². The van der Waals surface area contributed by atoms with Crippen LogP contribution in [-0.2, 0) is 9.53 Å². The third-order valence-electron chi connectivity index (χ3n) is 4.39. The van der Waals surface area contributed by atoms with Crippen LogP contribution in [0.2, 0.25) is 0 Å². The summed E-state index contributed by atoms with van der Waals surface area (Å²) in [6.45, 7) is 1.42. The van der Waals surface area contributed by atoms with Crippen molar-refractivity contribution in [3.63, 3.8) is 0 Å². The summed E-state index contributed by atoms with van der Waals surface area (Å²) in [5.41, 5.74) is 1.33. The van der Waals surface area contributed by atoms with Gasteiger partial charge >= 0.3 is 5.97 Å². The molecule has 1 atom stereocenters. The van der Waals surface area contributed by atoms with Gasteiger partial charge in [0.2, 0.25) is 0 Å². The van der Waals surface area contributed by atoms with Crippen LogP contribution in [0.25, 0.3) is 0 Å². The average molecular weight is 398 g/mol. The molecule has 0 aromatic heterocycles. The van der Waals surface area contributed by atoms with E-state index in [2.05, 4.69) is 5.32 Å². The maximum atomic E-state index is 12.8. The molecule has 148 valence electrons. The fourth-order valence-corrected chi connectivity index (χ4v) is 2.81. The van der Waals surface area contributed by atoms with Crippen molar-refractivity contribution in [1.29, 1.82) is 5.26 Å². The SMILES string of the molecule is C[C@H](OC(=O)c1ccccc1C(=O)c1ccccc1)C(=O)Nc1ccccc1C#N. The molecule has 0 saturated carbocycles. The first-order valence-corrected chi connectivity index (χ1v) is 9.21. The van der Waals surface area contributed by atoms with Gasteiger partial charge in [-0.25, -0.2) is 4.79 Å². The van der Waals surface area contributed by atoms with Gasteiger partial charge in [0.15, 0.2) is 11.9 Å². The number of amides is 1. The Balaban J connectivity index is 1.75. The Labute approximate surface area is 173 Å². The number of para-hydroxylation sites is 1. The number of rotatable bonds is 6. The summed E-state index contributed by atoms with van der Waals surface area (Å²) in [5.74, 6) is -1.69. The number of carbonyl (C=O) groups is 3. The van der Waals surface area contributed by atoms with Crippen LogP contribution in [0.4, 0.5) is 5.69 Å². The molecule has 0 fully saturated rings. The Kier molecular flexibility index (Phi) is 6.36. The number of nitrogens with zero attached hydrogens (tertiary/aromatic N) is 1. The van der Waals surface area contributed by atoms with Gasteiger partial charge in [-0.2, -0.15) is 5.26 Å². The fourth-order valence-electron chi connectivity index (χ4n) is 2.81. The standard InChI is InChI=1S/C24H18N2O4/c1-16(23(28)26-21-14-8-5-11-18(21)15-25)30-24(29)20-13-7-6-12-19(20)22(27)17-9-3-2-4-10-17/h2-14,16H,1H3,(H,26,28)/t16-/m0/s1. The quantitative estimate of drug-likeness (QED) is 0.501. The molecule has 0 aliphatic rings. The number of hydrogen-bond donors (Lipinski definition) is 1. The Morgan fingerprint density at radius 2 is 1.47 bits per heavy atom. The van der Waals surface area contributed by atoms with Crippen LogP contribution in [-0.4, -0.2) is 23.8 Å². The number of hydrogen-bond acceptors (Lipinski definition) is 5. The Morgan fingerprint density at radius 3 is 2.17 bits per heavy atom. The van der Waals surface area contributed by atoms with E-state index >= 15 is 0 Å². The van der Waals surface area contributed by atoms with Crippen molar-refractivity contribution in [1.82, 2.24) is 0 Å². The van der Waals surface area contributed by atoms with Gasteiger partial charge in [0, 0.05) is 11.1 Å². The third-order valence-corrected chi connectivity index (χ3v) is 4.39. The van der Waals surface area contributed by atoms with Crippen LogP contribution < -0.4 is 5.32 Å². The molecule has 0 radical (unpaired) electrons. The number of ketones is 1. The van der Waals surface area contributed by atoms with Gasteiger partial charge < -0.3 is 10.1 Å². The van der Waals surface area contributed by atoms with Crippen molar-refractivity contribution in [2.75, 3.05) is 5.32 Å². The van der Waals surface area contributed by atoms with Crippen molar-refractivity contribution in [3.8, 4) is 6.07 Å². The number of anilines is 1. The molecular weight excluding hydrogens is 380 g/mol. The van der Waals surface area contributed by atoms with E-state index < -0.39 is 18.0 Å². The summed E-state index contributed by atoms with van der Waals surface area (Å²) in [6, 6.07) is 23.4. The molecule has 1 N–H and O–H groups in total.